The number of rotatable bonds is 7. The van der Waals surface area contributed by atoms with Gasteiger partial charge in [0.1, 0.15) is 0 Å². The van der Waals surface area contributed by atoms with E-state index in [2.05, 4.69) is 40.7 Å². The van der Waals surface area contributed by atoms with Gasteiger partial charge in [0, 0.05) is 0 Å². The fourth-order valence-corrected chi connectivity index (χ4v) is 9.40. The van der Waals surface area contributed by atoms with Crippen LogP contribution in [0.1, 0.15) is 105 Å². The quantitative estimate of drug-likeness (QED) is 0.244. The number of hydrogen-bond donors (Lipinski definition) is 0. The summed E-state index contributed by atoms with van der Waals surface area (Å²) in [6, 6.07) is 0. The van der Waals surface area contributed by atoms with Crippen LogP contribution in [0.15, 0.2) is 11.6 Å². The van der Waals surface area contributed by atoms with Crippen molar-refractivity contribution in [1.82, 2.24) is 0 Å². The van der Waals surface area contributed by atoms with Crippen LogP contribution in [0.25, 0.3) is 0 Å². The number of fused-ring (bicyclic) bond motifs is 5. The first-order chi connectivity index (χ1) is 14.9. The van der Waals surface area contributed by atoms with Gasteiger partial charge in [0.25, 0.3) is 0 Å². The molecular formula is C27H45LiO4S. The first-order valence-corrected chi connectivity index (χ1v) is 14.6. The molecule has 3 saturated carbocycles. The predicted octanol–water partition coefficient (Wildman–Crippen LogP) is 3.88. The van der Waals surface area contributed by atoms with E-state index < -0.39 is 16.5 Å². The van der Waals surface area contributed by atoms with Gasteiger partial charge in [0.05, 0.1) is 6.10 Å². The van der Waals surface area contributed by atoms with Crippen molar-refractivity contribution < 1.29 is 36.0 Å². The SMILES string of the molecule is CC(C)CCC[C@@H](C)[C@H]1CC[C@H]2[C@@H]3CC=C4C[C@@H](OS(=O)(=O)[O-])CC[C@]4(C)[C@H]3CC[C@]12C.[Li+]. The van der Waals surface area contributed by atoms with Gasteiger partial charge in [0.2, 0.25) is 10.4 Å². The van der Waals surface area contributed by atoms with E-state index in [0.717, 1.165) is 42.4 Å². The third-order valence-electron chi connectivity index (χ3n) is 10.5. The van der Waals surface area contributed by atoms with Gasteiger partial charge in [-0.2, -0.15) is 0 Å². The maximum Gasteiger partial charge on any atom is 1.00 e. The van der Waals surface area contributed by atoms with Crippen LogP contribution >= 0.6 is 0 Å². The van der Waals surface area contributed by atoms with Crippen molar-refractivity contribution in [3.63, 3.8) is 0 Å². The molecule has 6 heteroatoms. The van der Waals surface area contributed by atoms with E-state index >= 15 is 0 Å². The van der Waals surface area contributed by atoms with Crippen molar-refractivity contribution in [1.29, 1.82) is 0 Å². The molecule has 0 aromatic carbocycles. The van der Waals surface area contributed by atoms with Gasteiger partial charge in [-0.1, -0.05) is 65.5 Å². The molecule has 4 aliphatic carbocycles. The molecule has 0 radical (unpaired) electrons. The fraction of sp³-hybridized carbons (Fsp3) is 0.926. The number of allylic oxidation sites excluding steroid dienone is 1. The van der Waals surface area contributed by atoms with Crippen molar-refractivity contribution in [3.8, 4) is 0 Å². The zero-order valence-corrected chi connectivity index (χ0v) is 22.8. The standard InChI is InChI=1S/C27H46O4S.Li/c1-18(2)7-6-8-19(3)23-11-12-24-22-10-9-20-17-21(31-32(28,29)30)13-15-26(20,4)25(22)14-16-27(23,24)5;/h9,18-19,21-25H,6-8,10-17H2,1-5H3,(H,28,29,30);/q;+1/p-1/t19-,21+,22+,23-,24+,25+,26+,27-;/m1./s1. The van der Waals surface area contributed by atoms with Crippen LogP contribution in [0.2, 0.25) is 0 Å². The maximum absolute atomic E-state index is 11.1. The van der Waals surface area contributed by atoms with E-state index in [-0.39, 0.29) is 24.3 Å². The minimum absolute atomic E-state index is 0. The zero-order valence-electron chi connectivity index (χ0n) is 21.9. The summed E-state index contributed by atoms with van der Waals surface area (Å²) in [5.74, 6) is 4.78. The third kappa shape index (κ3) is 5.48. The van der Waals surface area contributed by atoms with Crippen molar-refractivity contribution in [2.75, 3.05) is 0 Å². The predicted molar refractivity (Wildman–Crippen MR) is 128 cm³/mol. The second-order valence-electron chi connectivity index (χ2n) is 12.7. The van der Waals surface area contributed by atoms with E-state index in [9.17, 15) is 13.0 Å². The smallest absolute Gasteiger partial charge is 0.726 e. The summed E-state index contributed by atoms with van der Waals surface area (Å²) < 4.78 is 38.2. The van der Waals surface area contributed by atoms with Gasteiger partial charge in [-0.25, -0.2) is 8.42 Å². The Balaban J connectivity index is 0.00000306. The van der Waals surface area contributed by atoms with Crippen molar-refractivity contribution in [3.05, 3.63) is 11.6 Å². The van der Waals surface area contributed by atoms with Gasteiger partial charge < -0.3 is 4.55 Å². The molecule has 0 aromatic rings. The second kappa shape index (κ2) is 10.3. The van der Waals surface area contributed by atoms with Crippen LogP contribution in [0, 0.1) is 46.3 Å². The molecule has 4 rings (SSSR count). The summed E-state index contributed by atoms with van der Waals surface area (Å²) in [4.78, 5) is 0. The van der Waals surface area contributed by atoms with Crippen LogP contribution in [-0.4, -0.2) is 19.1 Å². The molecule has 0 spiro atoms. The molecule has 0 amide bonds. The summed E-state index contributed by atoms with van der Waals surface area (Å²) in [5, 5.41) is 0. The molecule has 33 heavy (non-hydrogen) atoms. The Hall–Kier alpha value is 0.207. The molecule has 0 saturated heterocycles. The monoisotopic (exact) mass is 472 g/mol. The normalized spacial score (nSPS) is 41.4. The van der Waals surface area contributed by atoms with Gasteiger partial charge >= 0.3 is 18.9 Å². The molecule has 3 fully saturated rings. The van der Waals surface area contributed by atoms with Crippen LogP contribution in [0.3, 0.4) is 0 Å². The molecule has 0 bridgehead atoms. The molecule has 184 valence electrons. The van der Waals surface area contributed by atoms with E-state index in [0.29, 0.717) is 24.2 Å². The summed E-state index contributed by atoms with van der Waals surface area (Å²) in [6.07, 6.45) is 14.8. The molecule has 8 atom stereocenters. The summed E-state index contributed by atoms with van der Waals surface area (Å²) in [6.45, 7) is 12.2. The Morgan fingerprint density at radius 1 is 1.06 bits per heavy atom. The molecule has 4 aliphatic rings. The topological polar surface area (TPSA) is 66.4 Å². The fourth-order valence-electron chi connectivity index (χ4n) is 8.90. The Labute approximate surface area is 215 Å². The molecule has 0 unspecified atom stereocenters. The van der Waals surface area contributed by atoms with E-state index in [1.807, 2.05) is 0 Å². The van der Waals surface area contributed by atoms with Gasteiger partial charge in [-0.15, -0.1) is 0 Å². The van der Waals surface area contributed by atoms with Gasteiger partial charge in [-0.05, 0) is 97.7 Å². The Morgan fingerprint density at radius 3 is 2.45 bits per heavy atom. The number of hydrogen-bond acceptors (Lipinski definition) is 4. The zero-order chi connectivity index (χ0) is 23.3. The molecule has 0 aromatic heterocycles. The third-order valence-corrected chi connectivity index (χ3v) is 11.0. The molecule has 0 aliphatic heterocycles. The average Bonchev–Trinajstić information content (AvgIpc) is 3.04. The van der Waals surface area contributed by atoms with Crippen molar-refractivity contribution >= 4 is 10.4 Å². The van der Waals surface area contributed by atoms with E-state index in [1.54, 1.807) is 0 Å². The Bertz CT molecular complexity index is 824. The minimum Gasteiger partial charge on any atom is -0.726 e. The Kier molecular flexibility index (Phi) is 8.67. The summed E-state index contributed by atoms with van der Waals surface area (Å²) >= 11 is 0. The van der Waals surface area contributed by atoms with Crippen LogP contribution in [0.5, 0.6) is 0 Å². The van der Waals surface area contributed by atoms with Crippen LogP contribution in [-0.2, 0) is 14.6 Å². The van der Waals surface area contributed by atoms with Crippen LogP contribution < -0.4 is 18.9 Å². The first kappa shape index (κ1) is 27.8. The largest absolute Gasteiger partial charge is 1.00 e. The van der Waals surface area contributed by atoms with Crippen molar-refractivity contribution in [2.45, 2.75) is 111 Å². The molecule has 0 heterocycles. The van der Waals surface area contributed by atoms with E-state index in [1.165, 1.54) is 50.5 Å². The average molecular weight is 473 g/mol. The van der Waals surface area contributed by atoms with Crippen molar-refractivity contribution in [2.24, 2.45) is 46.3 Å². The molecular weight excluding hydrogens is 427 g/mol. The molecule has 0 N–H and O–H groups in total. The van der Waals surface area contributed by atoms with Gasteiger partial charge in [-0.3, -0.25) is 4.18 Å². The summed E-state index contributed by atoms with van der Waals surface area (Å²) in [7, 11) is -4.63. The second-order valence-corrected chi connectivity index (χ2v) is 13.7. The first-order valence-electron chi connectivity index (χ1n) is 13.3. The van der Waals surface area contributed by atoms with E-state index in [4.69, 9.17) is 4.18 Å². The molecule has 4 nitrogen and oxygen atoms in total. The van der Waals surface area contributed by atoms with Gasteiger partial charge in [0.15, 0.2) is 0 Å². The maximum atomic E-state index is 11.1. The minimum atomic E-state index is -4.63. The summed E-state index contributed by atoms with van der Waals surface area (Å²) in [5.41, 5.74) is 1.99. The Morgan fingerprint density at radius 2 is 1.79 bits per heavy atom. The van der Waals surface area contributed by atoms with Crippen LogP contribution in [0.4, 0.5) is 0 Å².